The van der Waals surface area contributed by atoms with Gasteiger partial charge < -0.3 is 14.8 Å². The van der Waals surface area contributed by atoms with Gasteiger partial charge in [0.15, 0.2) is 0 Å². The molecule has 0 spiro atoms. The second-order valence-corrected chi connectivity index (χ2v) is 5.38. The zero-order valence-electron chi connectivity index (χ0n) is 14.0. The molecule has 0 aliphatic carbocycles. The van der Waals surface area contributed by atoms with Crippen molar-refractivity contribution in [3.63, 3.8) is 0 Å². The Morgan fingerprint density at radius 2 is 2.12 bits per heavy atom. The fourth-order valence-corrected chi connectivity index (χ4v) is 2.27. The van der Waals surface area contributed by atoms with E-state index in [0.717, 1.165) is 42.1 Å². The van der Waals surface area contributed by atoms with E-state index < -0.39 is 0 Å². The van der Waals surface area contributed by atoms with E-state index in [1.807, 2.05) is 36.4 Å². The van der Waals surface area contributed by atoms with E-state index in [4.69, 9.17) is 14.7 Å². The van der Waals surface area contributed by atoms with Crippen LogP contribution in [0.4, 0.5) is 0 Å². The summed E-state index contributed by atoms with van der Waals surface area (Å²) in [7, 11) is 1.66. The smallest absolute Gasteiger partial charge is 0.130 e. The number of hydrogen-bond donors (Lipinski definition) is 1. The number of benzene rings is 1. The highest BCUT2D eigenvalue weighted by atomic mass is 16.5. The van der Waals surface area contributed by atoms with Crippen molar-refractivity contribution in [1.29, 1.82) is 5.26 Å². The zero-order chi connectivity index (χ0) is 17.0. The van der Waals surface area contributed by atoms with Gasteiger partial charge in [-0.3, -0.25) is 4.98 Å². The van der Waals surface area contributed by atoms with Crippen LogP contribution < -0.4 is 14.8 Å². The van der Waals surface area contributed by atoms with E-state index in [9.17, 15) is 0 Å². The average molecular weight is 325 g/mol. The van der Waals surface area contributed by atoms with Crippen LogP contribution in [0.2, 0.25) is 0 Å². The Morgan fingerprint density at radius 1 is 1.21 bits per heavy atom. The minimum atomic E-state index is 0.433. The Hall–Kier alpha value is -2.58. The fourth-order valence-electron chi connectivity index (χ4n) is 2.27. The molecule has 0 bridgehead atoms. The molecule has 1 N–H and O–H groups in total. The monoisotopic (exact) mass is 325 g/mol. The van der Waals surface area contributed by atoms with Gasteiger partial charge in [0.2, 0.25) is 0 Å². The molecule has 0 fully saturated rings. The number of nitrogens with one attached hydrogen (secondary N) is 1. The van der Waals surface area contributed by atoms with Gasteiger partial charge in [0, 0.05) is 24.7 Å². The molecule has 0 aliphatic heterocycles. The first kappa shape index (κ1) is 17.8. The number of aromatic nitrogens is 1. The molecule has 2 aromatic rings. The number of ether oxygens (including phenoxy) is 2. The summed E-state index contributed by atoms with van der Waals surface area (Å²) in [4.78, 5) is 4.27. The van der Waals surface area contributed by atoms with E-state index in [0.29, 0.717) is 19.6 Å². The molecule has 1 aromatic carbocycles. The van der Waals surface area contributed by atoms with E-state index in [1.165, 1.54) is 0 Å². The van der Waals surface area contributed by atoms with Crippen LogP contribution >= 0.6 is 0 Å². The maximum atomic E-state index is 8.54. The van der Waals surface area contributed by atoms with Crippen LogP contribution in [0.15, 0.2) is 42.6 Å². The molecule has 0 aliphatic rings. The van der Waals surface area contributed by atoms with Crippen molar-refractivity contribution < 1.29 is 9.47 Å². The van der Waals surface area contributed by atoms with E-state index in [-0.39, 0.29) is 0 Å². The number of unbranched alkanes of at least 4 members (excludes halogenated alkanes) is 2. The predicted octanol–water partition coefficient (Wildman–Crippen LogP) is 3.45. The Kier molecular flexibility index (Phi) is 7.58. The molecule has 0 unspecified atom stereocenters. The van der Waals surface area contributed by atoms with Gasteiger partial charge >= 0.3 is 0 Å². The summed E-state index contributed by atoms with van der Waals surface area (Å²) in [5.41, 5.74) is 1.94. The zero-order valence-corrected chi connectivity index (χ0v) is 14.0. The van der Waals surface area contributed by atoms with Crippen LogP contribution in [0, 0.1) is 11.3 Å². The third kappa shape index (κ3) is 5.90. The van der Waals surface area contributed by atoms with Crippen molar-refractivity contribution in [2.45, 2.75) is 32.4 Å². The molecule has 24 heavy (non-hydrogen) atoms. The van der Waals surface area contributed by atoms with E-state index in [2.05, 4.69) is 16.4 Å². The number of nitrogens with zero attached hydrogens (tertiary/aromatic N) is 2. The number of methoxy groups -OCH3 is 1. The quantitative estimate of drug-likeness (QED) is 0.678. The van der Waals surface area contributed by atoms with Crippen molar-refractivity contribution in [1.82, 2.24) is 10.3 Å². The topological polar surface area (TPSA) is 67.2 Å². The first-order valence-electron chi connectivity index (χ1n) is 8.11. The van der Waals surface area contributed by atoms with Gasteiger partial charge in [0.25, 0.3) is 0 Å². The molecule has 126 valence electrons. The molecule has 5 nitrogen and oxygen atoms in total. The Balaban J connectivity index is 1.92. The maximum Gasteiger partial charge on any atom is 0.130 e. The van der Waals surface area contributed by atoms with Gasteiger partial charge in [0.05, 0.1) is 18.9 Å². The molecule has 0 radical (unpaired) electrons. The van der Waals surface area contributed by atoms with Gasteiger partial charge in [-0.2, -0.15) is 5.26 Å². The first-order chi connectivity index (χ1) is 11.8. The predicted molar refractivity (Wildman–Crippen MR) is 92.7 cm³/mol. The summed E-state index contributed by atoms with van der Waals surface area (Å²) in [6.07, 6.45) is 4.28. The SMILES string of the molecule is COc1ccc(OCc2ccccn2)c(CNCCCCC#N)c1. The highest BCUT2D eigenvalue weighted by molar-refractivity contribution is 5.40. The highest BCUT2D eigenvalue weighted by Crippen LogP contribution is 2.25. The lowest BCUT2D eigenvalue weighted by molar-refractivity contribution is 0.296. The minimum absolute atomic E-state index is 0.433. The van der Waals surface area contributed by atoms with Crippen LogP contribution in [-0.2, 0) is 13.2 Å². The molecule has 0 amide bonds. The van der Waals surface area contributed by atoms with Crippen molar-refractivity contribution in [2.24, 2.45) is 0 Å². The standard InChI is InChI=1S/C19H23N3O2/c1-23-18-8-9-19(24-15-17-7-3-6-12-22-17)16(13-18)14-21-11-5-2-4-10-20/h3,6-9,12-13,21H,2,4-5,11,14-15H2,1H3. The summed E-state index contributed by atoms with van der Waals surface area (Å²) in [6, 6.07) is 13.7. The molecule has 1 heterocycles. The van der Waals surface area contributed by atoms with Gasteiger partial charge in [-0.05, 0) is 49.7 Å². The summed E-state index contributed by atoms with van der Waals surface area (Å²) in [5.74, 6) is 1.63. The summed E-state index contributed by atoms with van der Waals surface area (Å²) >= 11 is 0. The Morgan fingerprint density at radius 3 is 2.88 bits per heavy atom. The second kappa shape index (κ2) is 10.2. The summed E-state index contributed by atoms with van der Waals surface area (Å²) < 4.78 is 11.2. The molecule has 5 heteroatoms. The Labute approximate surface area is 143 Å². The van der Waals surface area contributed by atoms with Crippen LogP contribution in [-0.4, -0.2) is 18.6 Å². The van der Waals surface area contributed by atoms with Crippen LogP contribution in [0.25, 0.3) is 0 Å². The highest BCUT2D eigenvalue weighted by Gasteiger charge is 2.07. The van der Waals surface area contributed by atoms with Gasteiger partial charge in [-0.25, -0.2) is 0 Å². The van der Waals surface area contributed by atoms with Crippen molar-refractivity contribution in [3.8, 4) is 17.6 Å². The van der Waals surface area contributed by atoms with Crippen LogP contribution in [0.5, 0.6) is 11.5 Å². The third-order valence-corrected chi connectivity index (χ3v) is 3.58. The summed E-state index contributed by atoms with van der Waals surface area (Å²) in [5, 5.41) is 11.9. The lowest BCUT2D eigenvalue weighted by Crippen LogP contribution is -2.15. The maximum absolute atomic E-state index is 8.54. The Bertz CT molecular complexity index is 653. The number of pyridine rings is 1. The number of nitriles is 1. The lowest BCUT2D eigenvalue weighted by Gasteiger charge is -2.13. The molecule has 1 aromatic heterocycles. The number of rotatable bonds is 10. The molecular weight excluding hydrogens is 302 g/mol. The van der Waals surface area contributed by atoms with Crippen molar-refractivity contribution >= 4 is 0 Å². The van der Waals surface area contributed by atoms with Crippen LogP contribution in [0.3, 0.4) is 0 Å². The van der Waals surface area contributed by atoms with Gasteiger partial charge in [-0.1, -0.05) is 6.07 Å². The number of hydrogen-bond acceptors (Lipinski definition) is 5. The van der Waals surface area contributed by atoms with E-state index >= 15 is 0 Å². The van der Waals surface area contributed by atoms with Crippen LogP contribution in [0.1, 0.15) is 30.5 Å². The lowest BCUT2D eigenvalue weighted by atomic mass is 10.1. The first-order valence-corrected chi connectivity index (χ1v) is 8.11. The largest absolute Gasteiger partial charge is 0.497 e. The fraction of sp³-hybridized carbons (Fsp3) is 0.368. The summed E-state index contributed by atoms with van der Waals surface area (Å²) in [6.45, 7) is 2.00. The molecular formula is C19H23N3O2. The molecule has 2 rings (SSSR count). The van der Waals surface area contributed by atoms with Crippen molar-refractivity contribution in [3.05, 3.63) is 53.9 Å². The molecule has 0 saturated heterocycles. The van der Waals surface area contributed by atoms with Crippen molar-refractivity contribution in [2.75, 3.05) is 13.7 Å². The van der Waals surface area contributed by atoms with E-state index in [1.54, 1.807) is 13.3 Å². The average Bonchev–Trinajstić information content (AvgIpc) is 2.64. The molecule has 0 atom stereocenters. The second-order valence-electron chi connectivity index (χ2n) is 5.38. The minimum Gasteiger partial charge on any atom is -0.497 e. The van der Waals surface area contributed by atoms with Gasteiger partial charge in [0.1, 0.15) is 18.1 Å². The third-order valence-electron chi connectivity index (χ3n) is 3.58. The van der Waals surface area contributed by atoms with Gasteiger partial charge in [-0.15, -0.1) is 0 Å². The molecule has 0 saturated carbocycles. The normalized spacial score (nSPS) is 10.2.